The normalized spacial score (nSPS) is 13.2. The van der Waals surface area contributed by atoms with Crippen molar-refractivity contribution < 1.29 is 5.11 Å². The van der Waals surface area contributed by atoms with Crippen molar-refractivity contribution in [3.63, 3.8) is 0 Å². The van der Waals surface area contributed by atoms with Gasteiger partial charge in [-0.05, 0) is 32.0 Å². The molecule has 2 aromatic heterocycles. The van der Waals surface area contributed by atoms with Crippen molar-refractivity contribution in [1.82, 2.24) is 19.5 Å². The minimum absolute atomic E-state index is 0.231. The van der Waals surface area contributed by atoms with Crippen LogP contribution in [0.2, 0.25) is 0 Å². The van der Waals surface area contributed by atoms with E-state index in [1.165, 1.54) is 0 Å². The van der Waals surface area contributed by atoms with E-state index in [1.807, 2.05) is 18.2 Å². The number of hydrogen-bond donors (Lipinski definition) is 2. The number of fused-ring (bicyclic) bond motifs is 1. The third kappa shape index (κ3) is 3.07. The van der Waals surface area contributed by atoms with Gasteiger partial charge in [-0.2, -0.15) is 0 Å². The van der Waals surface area contributed by atoms with E-state index in [4.69, 9.17) is 4.98 Å². The minimum Gasteiger partial charge on any atom is -0.508 e. The van der Waals surface area contributed by atoms with Gasteiger partial charge in [0.15, 0.2) is 5.16 Å². The molecule has 7 heteroatoms. The average Bonchev–Trinajstić information content (AvgIpc) is 3.15. The third-order valence-corrected chi connectivity index (χ3v) is 4.87. The summed E-state index contributed by atoms with van der Waals surface area (Å²) in [7, 11) is 0. The summed E-state index contributed by atoms with van der Waals surface area (Å²) < 4.78 is 2.20. The molecular formula is C18H19N5OS. The molecule has 4 rings (SSSR count). The number of aromatic hydroxyl groups is 1. The SMILES string of the molecule is CC(C)Nc1nccc(-c2c(-c3cccc(O)c3)nc3n2CCS3)n1. The molecule has 1 aliphatic heterocycles. The molecule has 1 aliphatic rings. The number of nitrogens with one attached hydrogen (secondary N) is 1. The summed E-state index contributed by atoms with van der Waals surface area (Å²) in [6.45, 7) is 5.01. The highest BCUT2D eigenvalue weighted by molar-refractivity contribution is 7.99. The van der Waals surface area contributed by atoms with Crippen LogP contribution in [0.15, 0.2) is 41.7 Å². The molecule has 3 heterocycles. The van der Waals surface area contributed by atoms with Crippen molar-refractivity contribution in [2.75, 3.05) is 11.1 Å². The number of phenols is 1. The lowest BCUT2D eigenvalue weighted by atomic mass is 10.1. The summed E-state index contributed by atoms with van der Waals surface area (Å²) in [5.74, 6) is 1.85. The van der Waals surface area contributed by atoms with E-state index in [0.717, 1.165) is 40.1 Å². The molecule has 0 radical (unpaired) electrons. The Morgan fingerprint density at radius 2 is 2.12 bits per heavy atom. The Hall–Kier alpha value is -2.54. The van der Waals surface area contributed by atoms with Crippen LogP contribution >= 0.6 is 11.8 Å². The van der Waals surface area contributed by atoms with Crippen LogP contribution in [-0.2, 0) is 6.54 Å². The molecule has 0 saturated heterocycles. The number of thioether (sulfide) groups is 1. The molecule has 0 amide bonds. The molecule has 0 saturated carbocycles. The molecule has 128 valence electrons. The lowest BCUT2D eigenvalue weighted by Gasteiger charge is -2.11. The predicted molar refractivity (Wildman–Crippen MR) is 99.8 cm³/mol. The van der Waals surface area contributed by atoms with Gasteiger partial charge in [0.05, 0.1) is 17.1 Å². The van der Waals surface area contributed by atoms with Crippen LogP contribution in [0, 0.1) is 0 Å². The smallest absolute Gasteiger partial charge is 0.223 e. The molecule has 1 aromatic carbocycles. The number of benzene rings is 1. The standard InChI is InChI=1S/C18H19N5OS/c1-11(2)20-17-19-7-6-14(21-17)16-15(12-4-3-5-13(24)10-12)22-18-23(16)8-9-25-18/h3-7,10-11,24H,8-9H2,1-2H3,(H,19,20,21). The highest BCUT2D eigenvalue weighted by atomic mass is 32.2. The number of phenolic OH excluding ortho intramolecular Hbond substituents is 1. The molecular weight excluding hydrogens is 334 g/mol. The van der Waals surface area contributed by atoms with E-state index in [0.29, 0.717) is 5.95 Å². The van der Waals surface area contributed by atoms with E-state index in [9.17, 15) is 5.11 Å². The predicted octanol–water partition coefficient (Wildman–Crippen LogP) is 3.64. The number of rotatable bonds is 4. The number of nitrogens with zero attached hydrogens (tertiary/aromatic N) is 4. The van der Waals surface area contributed by atoms with Crippen LogP contribution < -0.4 is 5.32 Å². The maximum Gasteiger partial charge on any atom is 0.223 e. The van der Waals surface area contributed by atoms with Gasteiger partial charge in [-0.25, -0.2) is 15.0 Å². The Morgan fingerprint density at radius 1 is 1.24 bits per heavy atom. The molecule has 0 unspecified atom stereocenters. The van der Waals surface area contributed by atoms with Gasteiger partial charge in [-0.3, -0.25) is 0 Å². The molecule has 0 aliphatic carbocycles. The Kier molecular flexibility index (Phi) is 4.09. The molecule has 3 aromatic rings. The summed E-state index contributed by atoms with van der Waals surface area (Å²) in [5, 5.41) is 14.1. The minimum atomic E-state index is 0.231. The third-order valence-electron chi connectivity index (χ3n) is 3.91. The van der Waals surface area contributed by atoms with Gasteiger partial charge in [0.1, 0.15) is 5.75 Å². The van der Waals surface area contributed by atoms with Crippen molar-refractivity contribution in [2.45, 2.75) is 31.6 Å². The second-order valence-electron chi connectivity index (χ2n) is 6.21. The fraction of sp³-hybridized carbons (Fsp3) is 0.278. The van der Waals surface area contributed by atoms with Crippen LogP contribution in [0.3, 0.4) is 0 Å². The summed E-state index contributed by atoms with van der Waals surface area (Å²) in [4.78, 5) is 13.8. The first kappa shape index (κ1) is 16.0. The first-order chi connectivity index (χ1) is 12.1. The van der Waals surface area contributed by atoms with E-state index in [1.54, 1.807) is 30.1 Å². The summed E-state index contributed by atoms with van der Waals surface area (Å²) in [6.07, 6.45) is 1.77. The number of imidazole rings is 1. The van der Waals surface area contributed by atoms with Crippen molar-refractivity contribution in [1.29, 1.82) is 0 Å². The highest BCUT2D eigenvalue weighted by Crippen LogP contribution is 2.39. The largest absolute Gasteiger partial charge is 0.508 e. The maximum atomic E-state index is 9.85. The molecule has 2 N–H and O–H groups in total. The maximum absolute atomic E-state index is 9.85. The zero-order chi connectivity index (χ0) is 17.4. The van der Waals surface area contributed by atoms with E-state index < -0.39 is 0 Å². The lowest BCUT2D eigenvalue weighted by Crippen LogP contribution is -2.12. The van der Waals surface area contributed by atoms with E-state index in [2.05, 4.69) is 33.7 Å². The molecule has 0 fully saturated rings. The molecule has 25 heavy (non-hydrogen) atoms. The zero-order valence-electron chi connectivity index (χ0n) is 14.1. The quantitative estimate of drug-likeness (QED) is 0.746. The van der Waals surface area contributed by atoms with Crippen LogP contribution in [0.5, 0.6) is 5.75 Å². The second-order valence-corrected chi connectivity index (χ2v) is 7.27. The first-order valence-electron chi connectivity index (χ1n) is 8.24. The van der Waals surface area contributed by atoms with Crippen molar-refractivity contribution >= 4 is 17.7 Å². The molecule has 0 atom stereocenters. The van der Waals surface area contributed by atoms with Gasteiger partial charge >= 0.3 is 0 Å². The van der Waals surface area contributed by atoms with Gasteiger partial charge < -0.3 is 15.0 Å². The van der Waals surface area contributed by atoms with E-state index >= 15 is 0 Å². The van der Waals surface area contributed by atoms with Crippen molar-refractivity contribution in [2.24, 2.45) is 0 Å². The fourth-order valence-electron chi connectivity index (χ4n) is 2.91. The van der Waals surface area contributed by atoms with Gasteiger partial charge in [-0.15, -0.1) is 0 Å². The summed E-state index contributed by atoms with van der Waals surface area (Å²) in [5.41, 5.74) is 3.53. The fourth-order valence-corrected chi connectivity index (χ4v) is 3.86. The van der Waals surface area contributed by atoms with Crippen LogP contribution in [-0.4, -0.2) is 36.4 Å². The first-order valence-corrected chi connectivity index (χ1v) is 9.23. The van der Waals surface area contributed by atoms with Crippen LogP contribution in [0.1, 0.15) is 13.8 Å². The van der Waals surface area contributed by atoms with Gasteiger partial charge in [0, 0.05) is 30.1 Å². The molecule has 0 bridgehead atoms. The number of aromatic nitrogens is 4. The van der Waals surface area contributed by atoms with Gasteiger partial charge in [0.2, 0.25) is 5.95 Å². The van der Waals surface area contributed by atoms with E-state index in [-0.39, 0.29) is 11.8 Å². The topological polar surface area (TPSA) is 75.9 Å². The monoisotopic (exact) mass is 353 g/mol. The summed E-state index contributed by atoms with van der Waals surface area (Å²) >= 11 is 1.74. The highest BCUT2D eigenvalue weighted by Gasteiger charge is 2.25. The van der Waals surface area contributed by atoms with Crippen molar-refractivity contribution in [3.8, 4) is 28.4 Å². The molecule has 6 nitrogen and oxygen atoms in total. The van der Waals surface area contributed by atoms with Crippen LogP contribution in [0.4, 0.5) is 5.95 Å². The Labute approximate surface area is 150 Å². The number of hydrogen-bond acceptors (Lipinski definition) is 6. The Morgan fingerprint density at radius 3 is 2.92 bits per heavy atom. The number of anilines is 1. The zero-order valence-corrected chi connectivity index (χ0v) is 14.9. The average molecular weight is 353 g/mol. The Balaban J connectivity index is 1.87. The molecule has 0 spiro atoms. The van der Waals surface area contributed by atoms with Gasteiger partial charge in [0.25, 0.3) is 0 Å². The lowest BCUT2D eigenvalue weighted by molar-refractivity contribution is 0.475. The Bertz CT molecular complexity index is 922. The summed E-state index contributed by atoms with van der Waals surface area (Å²) in [6, 6.07) is 9.36. The van der Waals surface area contributed by atoms with Crippen molar-refractivity contribution in [3.05, 3.63) is 36.5 Å². The van der Waals surface area contributed by atoms with Crippen LogP contribution in [0.25, 0.3) is 22.6 Å². The second kappa shape index (κ2) is 6.40. The van der Waals surface area contributed by atoms with Gasteiger partial charge in [-0.1, -0.05) is 23.9 Å².